The van der Waals surface area contributed by atoms with Crippen molar-refractivity contribution >= 4 is 29.8 Å². The molecular formula is C21H25NO11. The van der Waals surface area contributed by atoms with E-state index < -0.39 is 67.0 Å². The van der Waals surface area contributed by atoms with Crippen molar-refractivity contribution in [2.24, 2.45) is 0 Å². The molecule has 12 nitrogen and oxygen atoms in total. The number of carboxylic acids is 1. The molecule has 33 heavy (non-hydrogen) atoms. The van der Waals surface area contributed by atoms with Crippen molar-refractivity contribution in [3.05, 3.63) is 29.8 Å². The van der Waals surface area contributed by atoms with Crippen LogP contribution in [0.1, 0.15) is 38.1 Å². The second kappa shape index (κ2) is 11.3. The predicted molar refractivity (Wildman–Crippen MR) is 108 cm³/mol. The van der Waals surface area contributed by atoms with Gasteiger partial charge < -0.3 is 34.1 Å². The minimum absolute atomic E-state index is 0.0934. The number of carbonyl (C=O) groups excluding carboxylic acids is 4. The normalized spacial score (nSPS) is 24.2. The SMILES string of the molecule is CC(=O)N[C@@H]1[C@H](Oc2ccccc2C(=O)O)O[C@H](COC(C)=O)[C@H](OC(C)=O)[C@@H]1OC(C)=O. The topological polar surface area (TPSA) is 164 Å². The number of ether oxygens (including phenoxy) is 5. The molecule has 0 bridgehead atoms. The monoisotopic (exact) mass is 467 g/mol. The first kappa shape index (κ1) is 25.6. The highest BCUT2D eigenvalue weighted by atomic mass is 16.7. The molecule has 0 aliphatic carbocycles. The molecule has 0 saturated carbocycles. The molecule has 0 spiro atoms. The number of carbonyl (C=O) groups is 5. The van der Waals surface area contributed by atoms with Gasteiger partial charge >= 0.3 is 23.9 Å². The summed E-state index contributed by atoms with van der Waals surface area (Å²) in [6, 6.07) is 4.48. The lowest BCUT2D eigenvalue weighted by atomic mass is 9.96. The zero-order valence-electron chi connectivity index (χ0n) is 18.4. The fourth-order valence-corrected chi connectivity index (χ4v) is 3.26. The summed E-state index contributed by atoms with van der Waals surface area (Å²) in [5.41, 5.74) is -0.189. The highest BCUT2D eigenvalue weighted by Crippen LogP contribution is 2.30. The molecular weight excluding hydrogens is 442 g/mol. The average molecular weight is 467 g/mol. The van der Waals surface area contributed by atoms with Crippen molar-refractivity contribution < 1.29 is 52.8 Å². The number of esters is 3. The quantitative estimate of drug-likeness (QED) is 0.402. The van der Waals surface area contributed by atoms with Crippen LogP contribution in [0, 0.1) is 0 Å². The van der Waals surface area contributed by atoms with Gasteiger partial charge in [0.25, 0.3) is 0 Å². The maximum Gasteiger partial charge on any atom is 0.339 e. The largest absolute Gasteiger partial charge is 0.478 e. The molecule has 180 valence electrons. The molecule has 1 aromatic carbocycles. The van der Waals surface area contributed by atoms with Crippen molar-refractivity contribution in [1.29, 1.82) is 0 Å². The van der Waals surface area contributed by atoms with Gasteiger partial charge in [0, 0.05) is 27.7 Å². The van der Waals surface area contributed by atoms with Crippen molar-refractivity contribution in [1.82, 2.24) is 5.32 Å². The fourth-order valence-electron chi connectivity index (χ4n) is 3.26. The highest BCUT2D eigenvalue weighted by Gasteiger charge is 2.52. The third kappa shape index (κ3) is 7.17. The van der Waals surface area contributed by atoms with Gasteiger partial charge in [-0.3, -0.25) is 19.2 Å². The third-order valence-corrected chi connectivity index (χ3v) is 4.43. The minimum atomic E-state index is -1.41. The summed E-state index contributed by atoms with van der Waals surface area (Å²) in [6.45, 7) is 4.18. The van der Waals surface area contributed by atoms with Crippen LogP contribution in [0.3, 0.4) is 0 Å². The van der Waals surface area contributed by atoms with Crippen LogP contribution in [0.15, 0.2) is 24.3 Å². The molecule has 5 atom stereocenters. The second-order valence-corrected chi connectivity index (χ2v) is 7.14. The minimum Gasteiger partial charge on any atom is -0.478 e. The molecule has 1 aliphatic heterocycles. The van der Waals surface area contributed by atoms with E-state index in [2.05, 4.69) is 5.32 Å². The Balaban J connectivity index is 2.51. The lowest BCUT2D eigenvalue weighted by molar-refractivity contribution is -0.257. The summed E-state index contributed by atoms with van der Waals surface area (Å²) in [4.78, 5) is 58.4. The van der Waals surface area contributed by atoms with Crippen LogP contribution in [-0.4, -0.2) is 72.1 Å². The van der Waals surface area contributed by atoms with E-state index >= 15 is 0 Å². The van der Waals surface area contributed by atoms with Gasteiger partial charge in [-0.15, -0.1) is 0 Å². The molecule has 1 fully saturated rings. The van der Waals surface area contributed by atoms with Crippen LogP contribution in [-0.2, 0) is 38.1 Å². The summed E-state index contributed by atoms with van der Waals surface area (Å²) >= 11 is 0. The van der Waals surface area contributed by atoms with E-state index in [1.54, 1.807) is 0 Å². The highest BCUT2D eigenvalue weighted by molar-refractivity contribution is 5.90. The Morgan fingerprint density at radius 3 is 2.09 bits per heavy atom. The number of hydrogen-bond donors (Lipinski definition) is 2. The second-order valence-electron chi connectivity index (χ2n) is 7.14. The van der Waals surface area contributed by atoms with Gasteiger partial charge in [-0.1, -0.05) is 12.1 Å². The molecule has 1 aliphatic rings. The molecule has 1 amide bonds. The first-order chi connectivity index (χ1) is 15.5. The maximum atomic E-state index is 11.9. The van der Waals surface area contributed by atoms with Crippen molar-refractivity contribution in [3.63, 3.8) is 0 Å². The third-order valence-electron chi connectivity index (χ3n) is 4.43. The van der Waals surface area contributed by atoms with Gasteiger partial charge in [-0.25, -0.2) is 4.79 Å². The molecule has 0 aromatic heterocycles. The van der Waals surface area contributed by atoms with Crippen LogP contribution < -0.4 is 10.1 Å². The number of hydrogen-bond acceptors (Lipinski definition) is 10. The number of nitrogens with one attached hydrogen (secondary N) is 1. The number of benzene rings is 1. The van der Waals surface area contributed by atoms with Gasteiger partial charge in [0.2, 0.25) is 12.2 Å². The Morgan fingerprint density at radius 1 is 0.939 bits per heavy atom. The van der Waals surface area contributed by atoms with Crippen molar-refractivity contribution in [3.8, 4) is 5.75 Å². The molecule has 1 heterocycles. The zero-order chi connectivity index (χ0) is 24.7. The Kier molecular flexibility index (Phi) is 8.74. The first-order valence-corrected chi connectivity index (χ1v) is 9.89. The summed E-state index contributed by atoms with van der Waals surface area (Å²) in [6.07, 6.45) is -5.18. The summed E-state index contributed by atoms with van der Waals surface area (Å²) in [5, 5.41) is 12.0. The molecule has 12 heteroatoms. The van der Waals surface area contributed by atoms with Gasteiger partial charge in [-0.2, -0.15) is 0 Å². The van der Waals surface area contributed by atoms with E-state index in [9.17, 15) is 29.1 Å². The molecule has 0 radical (unpaired) electrons. The van der Waals surface area contributed by atoms with Crippen molar-refractivity contribution in [2.75, 3.05) is 6.61 Å². The predicted octanol–water partition coefficient (Wildman–Crippen LogP) is 0.420. The van der Waals surface area contributed by atoms with E-state index in [0.717, 1.165) is 20.8 Å². The van der Waals surface area contributed by atoms with E-state index in [1.165, 1.54) is 31.2 Å². The molecule has 1 saturated heterocycles. The van der Waals surface area contributed by atoms with Crippen LogP contribution in [0.2, 0.25) is 0 Å². The lowest BCUT2D eigenvalue weighted by Crippen LogP contribution is -2.67. The van der Waals surface area contributed by atoms with Gasteiger partial charge in [0.1, 0.15) is 30.1 Å². The molecule has 1 aromatic rings. The summed E-state index contributed by atoms with van der Waals surface area (Å²) in [5.74, 6) is -4.08. The van der Waals surface area contributed by atoms with Gasteiger partial charge in [0.15, 0.2) is 12.2 Å². The number of rotatable bonds is 8. The molecule has 2 rings (SSSR count). The molecule has 2 N–H and O–H groups in total. The maximum absolute atomic E-state index is 11.9. The smallest absolute Gasteiger partial charge is 0.339 e. The zero-order valence-corrected chi connectivity index (χ0v) is 18.4. The van der Waals surface area contributed by atoms with Crippen molar-refractivity contribution in [2.45, 2.75) is 58.3 Å². The average Bonchev–Trinajstić information content (AvgIpc) is 2.70. The number of amides is 1. The standard InChI is InChI=1S/C21H25NO11/c1-10(23)22-17-19(31-13(4)26)18(30-12(3)25)16(9-29-11(2)24)33-21(17)32-15-8-6-5-7-14(15)20(27)28/h5-8,16-19,21H,9H2,1-4H3,(H,22,23)(H,27,28)/t16-,17+,18+,19-,21-/m1/s1. The van der Waals surface area contributed by atoms with Crippen LogP contribution in [0.4, 0.5) is 0 Å². The summed E-state index contributed by atoms with van der Waals surface area (Å²) < 4.78 is 27.2. The number of aromatic carboxylic acids is 1. The van der Waals surface area contributed by atoms with Crippen LogP contribution in [0.5, 0.6) is 5.75 Å². The number of para-hydroxylation sites is 1. The van der Waals surface area contributed by atoms with E-state index in [1.807, 2.05) is 0 Å². The Hall–Kier alpha value is -3.67. The first-order valence-electron chi connectivity index (χ1n) is 9.89. The van der Waals surface area contributed by atoms with E-state index in [0.29, 0.717) is 0 Å². The van der Waals surface area contributed by atoms with Gasteiger partial charge in [-0.05, 0) is 12.1 Å². The van der Waals surface area contributed by atoms with Crippen LogP contribution in [0.25, 0.3) is 0 Å². The Morgan fingerprint density at radius 2 is 1.55 bits per heavy atom. The van der Waals surface area contributed by atoms with Crippen LogP contribution >= 0.6 is 0 Å². The summed E-state index contributed by atoms with van der Waals surface area (Å²) in [7, 11) is 0. The fraction of sp³-hybridized carbons (Fsp3) is 0.476. The van der Waals surface area contributed by atoms with Gasteiger partial charge in [0.05, 0.1) is 0 Å². The number of carboxylic acid groups (broad SMARTS) is 1. The molecule has 0 unspecified atom stereocenters. The van der Waals surface area contributed by atoms with E-state index in [4.69, 9.17) is 23.7 Å². The lowest BCUT2D eigenvalue weighted by Gasteiger charge is -2.44. The Labute approximate surface area is 189 Å². The van der Waals surface area contributed by atoms with E-state index in [-0.39, 0.29) is 11.3 Å². The Bertz CT molecular complexity index is 915.